The van der Waals surface area contributed by atoms with Gasteiger partial charge in [0.05, 0.1) is 11.9 Å². The number of nitrogens with one attached hydrogen (secondary N) is 1. The summed E-state index contributed by atoms with van der Waals surface area (Å²) in [6.45, 7) is 3.62. The topological polar surface area (TPSA) is 92.0 Å². The molecule has 0 fully saturated rings. The average Bonchev–Trinajstić information content (AvgIpc) is 2.88. The number of carboxylic acids is 1. The molecule has 0 aliphatic rings. The van der Waals surface area contributed by atoms with Crippen LogP contribution < -0.4 is 5.73 Å². The van der Waals surface area contributed by atoms with Gasteiger partial charge in [0, 0.05) is 11.0 Å². The maximum atomic E-state index is 11.1. The molecule has 0 saturated heterocycles. The summed E-state index contributed by atoms with van der Waals surface area (Å²) in [5.41, 5.74) is 7.64. The average molecular weight is 259 g/mol. The number of nitrogens with zero attached hydrogens (tertiary/aromatic N) is 1. The van der Waals surface area contributed by atoms with Crippen LogP contribution in [0.4, 0.5) is 0 Å². The summed E-state index contributed by atoms with van der Waals surface area (Å²) in [5.74, 6) is -1.02. The third-order valence-electron chi connectivity index (χ3n) is 3.44. The van der Waals surface area contributed by atoms with E-state index in [4.69, 9.17) is 10.8 Å². The lowest BCUT2D eigenvalue weighted by Crippen LogP contribution is -2.46. The molecule has 1 unspecified atom stereocenters. The molecular weight excluding hydrogens is 242 g/mol. The zero-order valence-corrected chi connectivity index (χ0v) is 10.9. The Morgan fingerprint density at radius 1 is 1.37 bits per heavy atom. The van der Waals surface area contributed by atoms with E-state index in [1.165, 1.54) is 0 Å². The normalized spacial score (nSPS) is 13.2. The number of aliphatic carboxylic acids is 1. The Morgan fingerprint density at radius 3 is 2.58 bits per heavy atom. The fraction of sp³-hybridized carbons (Fsp3) is 0.286. The lowest BCUT2D eigenvalue weighted by molar-refractivity contribution is -0.140. The molecule has 1 aromatic carbocycles. The number of carbonyl (C=O) groups is 1. The van der Waals surface area contributed by atoms with Gasteiger partial charge in [-0.15, -0.1) is 0 Å². The zero-order valence-electron chi connectivity index (χ0n) is 10.9. The summed E-state index contributed by atoms with van der Waals surface area (Å²) in [7, 11) is 0. The fourth-order valence-corrected chi connectivity index (χ4v) is 2.08. The van der Waals surface area contributed by atoms with Gasteiger partial charge in [0.15, 0.2) is 0 Å². The first-order chi connectivity index (χ1) is 8.94. The fourth-order valence-electron chi connectivity index (χ4n) is 2.08. The summed E-state index contributed by atoms with van der Waals surface area (Å²) < 4.78 is 0. The van der Waals surface area contributed by atoms with E-state index in [0.29, 0.717) is 0 Å². The molecule has 1 heterocycles. The van der Waals surface area contributed by atoms with E-state index in [1.54, 1.807) is 6.20 Å². The number of hydrogen-bond donors (Lipinski definition) is 3. The number of aromatic amines is 1. The van der Waals surface area contributed by atoms with E-state index in [2.05, 4.69) is 10.2 Å². The van der Waals surface area contributed by atoms with Crippen LogP contribution in [0.5, 0.6) is 0 Å². The Balaban J connectivity index is 2.48. The largest absolute Gasteiger partial charge is 0.480 e. The van der Waals surface area contributed by atoms with Crippen LogP contribution in [0, 0.1) is 0 Å². The first-order valence-corrected chi connectivity index (χ1v) is 6.02. The Bertz CT molecular complexity index is 575. The minimum absolute atomic E-state index is 0.718. The molecule has 100 valence electrons. The molecular formula is C14H17N3O2. The maximum absolute atomic E-state index is 11.1. The predicted octanol–water partition coefficient (Wildman–Crippen LogP) is 1.77. The summed E-state index contributed by atoms with van der Waals surface area (Å²) in [6, 6.07) is 8.66. The van der Waals surface area contributed by atoms with Crippen molar-refractivity contribution >= 4 is 5.97 Å². The molecule has 2 aromatic rings. The lowest BCUT2D eigenvalue weighted by Gasteiger charge is -2.28. The van der Waals surface area contributed by atoms with Crippen molar-refractivity contribution in [2.75, 3.05) is 0 Å². The molecule has 1 atom stereocenters. The minimum atomic E-state index is -1.02. The van der Waals surface area contributed by atoms with E-state index in [1.807, 2.05) is 44.2 Å². The van der Waals surface area contributed by atoms with Crippen molar-refractivity contribution in [3.63, 3.8) is 0 Å². The molecule has 2 rings (SSSR count). The van der Waals surface area contributed by atoms with Gasteiger partial charge in [0.1, 0.15) is 6.04 Å². The second kappa shape index (κ2) is 4.85. The van der Waals surface area contributed by atoms with Crippen molar-refractivity contribution in [2.45, 2.75) is 25.3 Å². The maximum Gasteiger partial charge on any atom is 0.321 e. The van der Waals surface area contributed by atoms with Crippen LogP contribution in [0.15, 0.2) is 36.5 Å². The molecule has 0 aliphatic carbocycles. The SMILES string of the molecule is CC(C)(c1cn[nH]c1-c1ccccc1)C(N)C(=O)O. The second-order valence-electron chi connectivity index (χ2n) is 5.06. The number of H-pyrrole nitrogens is 1. The van der Waals surface area contributed by atoms with Gasteiger partial charge in [0.25, 0.3) is 0 Å². The number of nitrogens with two attached hydrogens (primary N) is 1. The Kier molecular flexibility index (Phi) is 3.40. The Hall–Kier alpha value is -2.14. The molecule has 0 bridgehead atoms. The van der Waals surface area contributed by atoms with Crippen LogP contribution in [-0.4, -0.2) is 27.3 Å². The molecule has 19 heavy (non-hydrogen) atoms. The van der Waals surface area contributed by atoms with Crippen molar-refractivity contribution in [3.8, 4) is 11.3 Å². The van der Waals surface area contributed by atoms with E-state index in [9.17, 15) is 4.79 Å². The van der Waals surface area contributed by atoms with Crippen molar-refractivity contribution in [1.29, 1.82) is 0 Å². The highest BCUT2D eigenvalue weighted by molar-refractivity contribution is 5.77. The first-order valence-electron chi connectivity index (χ1n) is 6.02. The highest BCUT2D eigenvalue weighted by Crippen LogP contribution is 2.33. The van der Waals surface area contributed by atoms with Gasteiger partial charge >= 0.3 is 5.97 Å². The smallest absolute Gasteiger partial charge is 0.321 e. The zero-order chi connectivity index (χ0) is 14.0. The van der Waals surface area contributed by atoms with Gasteiger partial charge in [-0.2, -0.15) is 5.10 Å². The van der Waals surface area contributed by atoms with Crippen LogP contribution in [-0.2, 0) is 10.2 Å². The van der Waals surface area contributed by atoms with Gasteiger partial charge in [-0.25, -0.2) is 0 Å². The van der Waals surface area contributed by atoms with Crippen LogP contribution in [0.25, 0.3) is 11.3 Å². The van der Waals surface area contributed by atoms with E-state index in [-0.39, 0.29) is 0 Å². The van der Waals surface area contributed by atoms with Crippen LogP contribution in [0.2, 0.25) is 0 Å². The third kappa shape index (κ3) is 2.37. The molecule has 5 nitrogen and oxygen atoms in total. The minimum Gasteiger partial charge on any atom is -0.480 e. The second-order valence-corrected chi connectivity index (χ2v) is 5.06. The summed E-state index contributed by atoms with van der Waals surface area (Å²) >= 11 is 0. The van der Waals surface area contributed by atoms with Crippen molar-refractivity contribution in [1.82, 2.24) is 10.2 Å². The van der Waals surface area contributed by atoms with Gasteiger partial charge < -0.3 is 10.8 Å². The van der Waals surface area contributed by atoms with Crippen molar-refractivity contribution in [2.24, 2.45) is 5.73 Å². The molecule has 4 N–H and O–H groups in total. The molecule has 1 aromatic heterocycles. The summed E-state index contributed by atoms with van der Waals surface area (Å²) in [4.78, 5) is 11.1. The van der Waals surface area contributed by atoms with Crippen LogP contribution in [0.1, 0.15) is 19.4 Å². The highest BCUT2D eigenvalue weighted by Gasteiger charge is 2.36. The van der Waals surface area contributed by atoms with E-state index >= 15 is 0 Å². The quantitative estimate of drug-likeness (QED) is 0.780. The summed E-state index contributed by atoms with van der Waals surface area (Å²) in [6.07, 6.45) is 1.64. The predicted molar refractivity (Wildman–Crippen MR) is 72.7 cm³/mol. The van der Waals surface area contributed by atoms with Crippen LogP contribution >= 0.6 is 0 Å². The van der Waals surface area contributed by atoms with E-state index < -0.39 is 17.4 Å². The number of hydrogen-bond acceptors (Lipinski definition) is 3. The van der Waals surface area contributed by atoms with Crippen molar-refractivity contribution in [3.05, 3.63) is 42.1 Å². The highest BCUT2D eigenvalue weighted by atomic mass is 16.4. The van der Waals surface area contributed by atoms with Crippen LogP contribution in [0.3, 0.4) is 0 Å². The third-order valence-corrected chi connectivity index (χ3v) is 3.44. The first kappa shape index (κ1) is 13.3. The van der Waals surface area contributed by atoms with Crippen molar-refractivity contribution < 1.29 is 9.90 Å². The number of carboxylic acid groups (broad SMARTS) is 1. The number of benzene rings is 1. The molecule has 5 heteroatoms. The molecule has 0 amide bonds. The molecule has 0 radical (unpaired) electrons. The summed E-state index contributed by atoms with van der Waals surface area (Å²) in [5, 5.41) is 16.1. The van der Waals surface area contributed by atoms with Gasteiger partial charge in [-0.3, -0.25) is 9.89 Å². The molecule has 0 saturated carbocycles. The van der Waals surface area contributed by atoms with Gasteiger partial charge in [-0.1, -0.05) is 44.2 Å². The van der Waals surface area contributed by atoms with Gasteiger partial charge in [-0.05, 0) is 5.56 Å². The molecule has 0 aliphatic heterocycles. The van der Waals surface area contributed by atoms with E-state index in [0.717, 1.165) is 16.8 Å². The Morgan fingerprint density at radius 2 is 2.00 bits per heavy atom. The standard InChI is InChI=1S/C14H17N3O2/c1-14(2,12(15)13(18)19)10-8-16-17-11(10)9-6-4-3-5-7-9/h3-8,12H,15H2,1-2H3,(H,16,17)(H,18,19). The van der Waals surface area contributed by atoms with Gasteiger partial charge in [0.2, 0.25) is 0 Å². The monoisotopic (exact) mass is 259 g/mol. The molecule has 0 spiro atoms. The number of aromatic nitrogens is 2. The Labute approximate surface area is 111 Å². The lowest BCUT2D eigenvalue weighted by atomic mass is 9.77. The number of rotatable bonds is 4.